The Morgan fingerprint density at radius 1 is 1.07 bits per heavy atom. The summed E-state index contributed by atoms with van der Waals surface area (Å²) in [4.78, 5) is 34.5. The van der Waals surface area contributed by atoms with Crippen LogP contribution in [0.25, 0.3) is 0 Å². The number of rotatable bonds is 7. The second-order valence-corrected chi connectivity index (χ2v) is 6.40. The van der Waals surface area contributed by atoms with E-state index in [9.17, 15) is 19.7 Å². The highest BCUT2D eigenvalue weighted by atomic mass is 16.6. The number of aryl methyl sites for hydroxylation is 3. The van der Waals surface area contributed by atoms with Gasteiger partial charge in [0.2, 0.25) is 0 Å². The Kier molecular flexibility index (Phi) is 6.70. The fourth-order valence-electron chi connectivity index (χ4n) is 2.58. The van der Waals surface area contributed by atoms with Crippen molar-refractivity contribution >= 4 is 23.3 Å². The SMILES string of the molecule is COc1cc(NC(=O)COC(=O)Cc2ccc(C)c(C)c2)c(C)cc1[N+](=O)[O-]. The van der Waals surface area contributed by atoms with E-state index in [0.717, 1.165) is 16.7 Å². The van der Waals surface area contributed by atoms with E-state index >= 15 is 0 Å². The first-order chi connectivity index (χ1) is 13.2. The number of hydrogen-bond donors (Lipinski definition) is 1. The Hall–Kier alpha value is -3.42. The van der Waals surface area contributed by atoms with Gasteiger partial charge in [-0.2, -0.15) is 0 Å². The number of hydrogen-bond acceptors (Lipinski definition) is 6. The normalized spacial score (nSPS) is 10.3. The lowest BCUT2D eigenvalue weighted by Crippen LogP contribution is -2.22. The first-order valence-electron chi connectivity index (χ1n) is 8.56. The van der Waals surface area contributed by atoms with E-state index in [2.05, 4.69) is 5.32 Å². The van der Waals surface area contributed by atoms with Crippen LogP contribution in [0.1, 0.15) is 22.3 Å². The largest absolute Gasteiger partial charge is 0.490 e. The van der Waals surface area contributed by atoms with Crippen molar-refractivity contribution in [3.8, 4) is 5.75 Å². The number of benzene rings is 2. The van der Waals surface area contributed by atoms with E-state index in [-0.39, 0.29) is 17.9 Å². The van der Waals surface area contributed by atoms with E-state index in [4.69, 9.17) is 9.47 Å². The Balaban J connectivity index is 1.95. The van der Waals surface area contributed by atoms with Crippen LogP contribution in [0.5, 0.6) is 5.75 Å². The molecule has 0 aliphatic heterocycles. The molecule has 2 rings (SSSR count). The minimum absolute atomic E-state index is 0.0256. The van der Waals surface area contributed by atoms with E-state index in [0.29, 0.717) is 11.3 Å². The van der Waals surface area contributed by atoms with Gasteiger partial charge < -0.3 is 14.8 Å². The molecule has 0 saturated carbocycles. The zero-order valence-electron chi connectivity index (χ0n) is 16.2. The van der Waals surface area contributed by atoms with Crippen LogP contribution in [0.15, 0.2) is 30.3 Å². The van der Waals surface area contributed by atoms with Crippen molar-refractivity contribution in [2.24, 2.45) is 0 Å². The first kappa shape index (κ1) is 20.9. The average molecular weight is 386 g/mol. The van der Waals surface area contributed by atoms with Gasteiger partial charge in [0, 0.05) is 17.8 Å². The van der Waals surface area contributed by atoms with Crippen LogP contribution >= 0.6 is 0 Å². The van der Waals surface area contributed by atoms with Crippen LogP contribution in [-0.4, -0.2) is 30.5 Å². The molecule has 0 heterocycles. The summed E-state index contributed by atoms with van der Waals surface area (Å²) in [6.07, 6.45) is 0.0682. The summed E-state index contributed by atoms with van der Waals surface area (Å²) in [5.41, 5.74) is 3.65. The maximum Gasteiger partial charge on any atom is 0.311 e. The third-order valence-corrected chi connectivity index (χ3v) is 4.28. The van der Waals surface area contributed by atoms with Crippen molar-refractivity contribution < 1.29 is 24.0 Å². The number of carbonyl (C=O) groups excluding carboxylic acids is 2. The number of nitrogens with zero attached hydrogens (tertiary/aromatic N) is 1. The second-order valence-electron chi connectivity index (χ2n) is 6.40. The van der Waals surface area contributed by atoms with Gasteiger partial charge in [-0.05, 0) is 43.0 Å². The molecular formula is C20H22N2O6. The predicted octanol–water partition coefficient (Wildman–Crippen LogP) is 3.25. The molecular weight excluding hydrogens is 364 g/mol. The van der Waals surface area contributed by atoms with E-state index < -0.39 is 23.4 Å². The van der Waals surface area contributed by atoms with Gasteiger partial charge in [-0.3, -0.25) is 19.7 Å². The molecule has 8 nitrogen and oxygen atoms in total. The van der Waals surface area contributed by atoms with Crippen molar-refractivity contribution in [3.05, 3.63) is 62.7 Å². The summed E-state index contributed by atoms with van der Waals surface area (Å²) in [7, 11) is 1.30. The molecule has 0 aliphatic carbocycles. The molecule has 2 aromatic carbocycles. The number of nitrogens with one attached hydrogen (secondary N) is 1. The molecule has 0 unspecified atom stereocenters. The number of nitro benzene ring substituents is 1. The molecule has 2 aromatic rings. The topological polar surface area (TPSA) is 108 Å². The highest BCUT2D eigenvalue weighted by molar-refractivity contribution is 5.94. The highest BCUT2D eigenvalue weighted by Crippen LogP contribution is 2.32. The quantitative estimate of drug-likeness (QED) is 0.445. The molecule has 0 bridgehead atoms. The van der Waals surface area contributed by atoms with Crippen molar-refractivity contribution in [1.82, 2.24) is 0 Å². The number of methoxy groups -OCH3 is 1. The van der Waals surface area contributed by atoms with Crippen molar-refractivity contribution in [3.63, 3.8) is 0 Å². The summed E-state index contributed by atoms with van der Waals surface area (Å²) in [6.45, 7) is 5.10. The van der Waals surface area contributed by atoms with Gasteiger partial charge in [0.05, 0.1) is 18.5 Å². The first-order valence-corrected chi connectivity index (χ1v) is 8.56. The average Bonchev–Trinajstić information content (AvgIpc) is 2.64. The maximum absolute atomic E-state index is 12.1. The van der Waals surface area contributed by atoms with Crippen molar-refractivity contribution in [2.45, 2.75) is 27.2 Å². The molecule has 1 amide bonds. The van der Waals surface area contributed by atoms with Gasteiger partial charge in [-0.25, -0.2) is 0 Å². The highest BCUT2D eigenvalue weighted by Gasteiger charge is 2.18. The van der Waals surface area contributed by atoms with Crippen LogP contribution in [0.4, 0.5) is 11.4 Å². The van der Waals surface area contributed by atoms with Crippen LogP contribution in [0, 0.1) is 30.9 Å². The van der Waals surface area contributed by atoms with Crippen LogP contribution in [-0.2, 0) is 20.7 Å². The van der Waals surface area contributed by atoms with Crippen molar-refractivity contribution in [2.75, 3.05) is 19.0 Å². The van der Waals surface area contributed by atoms with Crippen molar-refractivity contribution in [1.29, 1.82) is 0 Å². The lowest BCUT2D eigenvalue weighted by Gasteiger charge is -2.11. The summed E-state index contributed by atoms with van der Waals surface area (Å²) >= 11 is 0. The number of carbonyl (C=O) groups is 2. The van der Waals surface area contributed by atoms with E-state index in [1.165, 1.54) is 19.2 Å². The third kappa shape index (κ3) is 5.29. The van der Waals surface area contributed by atoms with Gasteiger partial charge >= 0.3 is 11.7 Å². The number of amides is 1. The summed E-state index contributed by atoms with van der Waals surface area (Å²) < 4.78 is 10.0. The van der Waals surface area contributed by atoms with E-state index in [1.54, 1.807) is 6.92 Å². The summed E-state index contributed by atoms with van der Waals surface area (Å²) in [5.74, 6) is -1.04. The maximum atomic E-state index is 12.1. The fraction of sp³-hybridized carbons (Fsp3) is 0.300. The zero-order valence-corrected chi connectivity index (χ0v) is 16.2. The minimum Gasteiger partial charge on any atom is -0.490 e. The Bertz CT molecular complexity index is 923. The lowest BCUT2D eigenvalue weighted by molar-refractivity contribution is -0.385. The Morgan fingerprint density at radius 3 is 2.39 bits per heavy atom. The second kappa shape index (κ2) is 8.98. The molecule has 0 aromatic heterocycles. The standard InChI is InChI=1S/C20H22N2O6/c1-12-5-6-15(7-13(12)2)9-20(24)28-11-19(23)21-16-10-18(27-4)17(22(25)26)8-14(16)3/h5-8,10H,9,11H2,1-4H3,(H,21,23). The molecule has 0 fully saturated rings. The molecule has 0 aliphatic rings. The smallest absolute Gasteiger partial charge is 0.311 e. The van der Waals surface area contributed by atoms with Gasteiger partial charge in [0.15, 0.2) is 12.4 Å². The van der Waals surface area contributed by atoms with Crippen LogP contribution in [0.2, 0.25) is 0 Å². The summed E-state index contributed by atoms with van der Waals surface area (Å²) in [6, 6.07) is 8.34. The van der Waals surface area contributed by atoms with Gasteiger partial charge in [0.25, 0.3) is 5.91 Å². The van der Waals surface area contributed by atoms with Crippen LogP contribution in [0.3, 0.4) is 0 Å². The van der Waals surface area contributed by atoms with E-state index in [1.807, 2.05) is 32.0 Å². The lowest BCUT2D eigenvalue weighted by atomic mass is 10.0. The molecule has 1 N–H and O–H groups in total. The molecule has 8 heteroatoms. The molecule has 0 saturated heterocycles. The molecule has 28 heavy (non-hydrogen) atoms. The minimum atomic E-state index is -0.563. The van der Waals surface area contributed by atoms with Gasteiger partial charge in [-0.15, -0.1) is 0 Å². The Labute approximate surface area is 162 Å². The fourth-order valence-corrected chi connectivity index (χ4v) is 2.58. The zero-order chi connectivity index (χ0) is 20.8. The third-order valence-electron chi connectivity index (χ3n) is 4.28. The summed E-state index contributed by atoms with van der Waals surface area (Å²) in [5, 5.41) is 13.6. The molecule has 148 valence electrons. The number of esters is 1. The van der Waals surface area contributed by atoms with Gasteiger partial charge in [-0.1, -0.05) is 18.2 Å². The van der Waals surface area contributed by atoms with Crippen LogP contribution < -0.4 is 10.1 Å². The molecule has 0 spiro atoms. The molecule has 0 radical (unpaired) electrons. The Morgan fingerprint density at radius 2 is 1.79 bits per heavy atom. The predicted molar refractivity (Wildman–Crippen MR) is 104 cm³/mol. The monoisotopic (exact) mass is 386 g/mol. The number of ether oxygens (including phenoxy) is 2. The number of nitro groups is 1. The molecule has 0 atom stereocenters. The number of anilines is 1. The van der Waals surface area contributed by atoms with Gasteiger partial charge in [0.1, 0.15) is 0 Å².